The Labute approximate surface area is 220 Å². The fraction of sp³-hybridized carbons (Fsp3) is 0.700. The third kappa shape index (κ3) is 7.50. The van der Waals surface area contributed by atoms with Gasteiger partial charge in [0.05, 0.1) is 19.3 Å². The van der Waals surface area contributed by atoms with E-state index >= 15 is 0 Å². The van der Waals surface area contributed by atoms with E-state index in [0.29, 0.717) is 19.6 Å². The molecule has 0 aromatic carbocycles. The van der Waals surface area contributed by atoms with Crippen molar-refractivity contribution in [2.45, 2.75) is 43.7 Å². The predicted octanol–water partition coefficient (Wildman–Crippen LogP) is 5.13. The van der Waals surface area contributed by atoms with Crippen LogP contribution in [0.4, 0.5) is 0 Å². The SMILES string of the molecule is COCO[C@@]1(Cc2cc(OCCCC3CC3)ccn2)C(=O)N(COC)[C@H]1COSP(I)I. The lowest BCUT2D eigenvalue weighted by molar-refractivity contribution is -0.236. The van der Waals surface area contributed by atoms with Gasteiger partial charge in [0.25, 0.3) is 5.91 Å². The van der Waals surface area contributed by atoms with Gasteiger partial charge in [-0.25, -0.2) is 0 Å². The molecular weight excluding hydrogens is 681 g/mol. The highest BCUT2D eigenvalue weighted by Gasteiger charge is 2.62. The van der Waals surface area contributed by atoms with Crippen molar-refractivity contribution in [1.29, 1.82) is 0 Å². The van der Waals surface area contributed by atoms with Crippen LogP contribution in [0.1, 0.15) is 31.4 Å². The van der Waals surface area contributed by atoms with Crippen LogP contribution in [0.3, 0.4) is 0 Å². The molecule has 2 fully saturated rings. The fourth-order valence-electron chi connectivity index (χ4n) is 3.81. The molecule has 32 heavy (non-hydrogen) atoms. The molecule has 2 aliphatic rings. The van der Waals surface area contributed by atoms with Crippen molar-refractivity contribution in [2.24, 2.45) is 5.92 Å². The molecule has 0 N–H and O–H groups in total. The number of amides is 1. The van der Waals surface area contributed by atoms with E-state index < -0.39 is 5.60 Å². The second kappa shape index (κ2) is 13.6. The zero-order valence-corrected chi connectivity index (χ0v) is 24.2. The Kier molecular flexibility index (Phi) is 11.5. The molecule has 2 heterocycles. The van der Waals surface area contributed by atoms with E-state index in [4.69, 9.17) is 23.1 Å². The summed E-state index contributed by atoms with van der Waals surface area (Å²) in [6.07, 6.45) is 7.02. The van der Waals surface area contributed by atoms with Crippen LogP contribution in [0.5, 0.6) is 5.75 Å². The highest BCUT2D eigenvalue weighted by atomic mass is 127. The minimum atomic E-state index is -1.12. The van der Waals surface area contributed by atoms with Crippen molar-refractivity contribution in [1.82, 2.24) is 9.88 Å². The van der Waals surface area contributed by atoms with Crippen LogP contribution in [0, 0.1) is 5.92 Å². The number of halogens is 2. The van der Waals surface area contributed by atoms with Gasteiger partial charge in [-0.3, -0.25) is 9.78 Å². The van der Waals surface area contributed by atoms with Gasteiger partial charge in [-0.1, -0.05) is 12.8 Å². The first-order valence-electron chi connectivity index (χ1n) is 10.4. The van der Waals surface area contributed by atoms with Crippen LogP contribution in [-0.2, 0) is 29.6 Å². The monoisotopic (exact) mass is 710 g/mol. The summed E-state index contributed by atoms with van der Waals surface area (Å²) in [6.45, 7) is 1.19. The number of hydrogen-bond donors (Lipinski definition) is 0. The van der Waals surface area contributed by atoms with E-state index in [1.165, 1.54) is 30.9 Å². The molecule has 1 saturated heterocycles. The number of carbonyl (C=O) groups excluding carboxylic acids is 1. The van der Waals surface area contributed by atoms with Gasteiger partial charge in [-0.2, -0.15) is 0 Å². The van der Waals surface area contributed by atoms with Crippen molar-refractivity contribution in [2.75, 3.05) is 41.0 Å². The zero-order chi connectivity index (χ0) is 23.0. The Balaban J connectivity index is 1.70. The molecule has 3 rings (SSSR count). The Hall–Kier alpha value is 0.500. The molecule has 0 unspecified atom stereocenters. The van der Waals surface area contributed by atoms with Gasteiger partial charge in [0.1, 0.15) is 21.7 Å². The van der Waals surface area contributed by atoms with E-state index in [2.05, 4.69) is 49.1 Å². The number of ether oxygens (including phenoxy) is 4. The van der Waals surface area contributed by atoms with Crippen molar-refractivity contribution >= 4 is 64.1 Å². The maximum absolute atomic E-state index is 13.2. The second-order valence-corrected chi connectivity index (χ2v) is 25.4. The molecule has 2 atom stereocenters. The van der Waals surface area contributed by atoms with Gasteiger partial charge in [0.15, 0.2) is 5.60 Å². The fourth-order valence-corrected chi connectivity index (χ4v) is 6.54. The van der Waals surface area contributed by atoms with Crippen LogP contribution in [0.25, 0.3) is 0 Å². The first-order chi connectivity index (χ1) is 15.5. The molecule has 0 spiro atoms. The smallest absolute Gasteiger partial charge is 0.259 e. The summed E-state index contributed by atoms with van der Waals surface area (Å²) in [6, 6.07) is 3.43. The van der Waals surface area contributed by atoms with Crippen LogP contribution >= 0.6 is 58.2 Å². The topological polar surface area (TPSA) is 79.4 Å². The third-order valence-corrected chi connectivity index (χ3v) is 9.43. The average Bonchev–Trinajstić information content (AvgIpc) is 3.60. The van der Waals surface area contributed by atoms with Crippen molar-refractivity contribution < 1.29 is 27.9 Å². The Morgan fingerprint density at radius 3 is 2.81 bits per heavy atom. The Bertz CT molecular complexity index is 748. The molecule has 8 nitrogen and oxygen atoms in total. The number of rotatable bonds is 16. The zero-order valence-electron chi connectivity index (χ0n) is 18.2. The molecule has 1 amide bonds. The number of β-lactam (4-membered cyclic amide) rings is 1. The molecule has 1 saturated carbocycles. The van der Waals surface area contributed by atoms with Gasteiger partial charge in [-0.05, 0) is 68.9 Å². The quantitative estimate of drug-likeness (QED) is 0.0585. The Morgan fingerprint density at radius 1 is 1.31 bits per heavy atom. The van der Waals surface area contributed by atoms with Crippen molar-refractivity contribution in [3.63, 3.8) is 0 Å². The first-order valence-corrected chi connectivity index (χ1v) is 18.7. The van der Waals surface area contributed by atoms with Crippen LogP contribution in [0.15, 0.2) is 18.3 Å². The first kappa shape index (κ1) is 27.1. The van der Waals surface area contributed by atoms with E-state index in [1.54, 1.807) is 25.3 Å². The summed E-state index contributed by atoms with van der Waals surface area (Å²) < 4.78 is 27.8. The number of pyridine rings is 1. The van der Waals surface area contributed by atoms with Gasteiger partial charge < -0.3 is 28.0 Å². The molecule has 12 heteroatoms. The standard InChI is InChI=1S/C20H29I2N2O6PS/c1-26-13-24-18(12-30-32-31(21)22)20(19(24)25,29-14-27-2)11-16-10-17(7-8-23-16)28-9-3-4-15-5-6-15/h7-8,10,15,18H,3-6,9,11-14H2,1-2H3/t18-,20+/m0/s1. The molecule has 1 aliphatic heterocycles. The predicted molar refractivity (Wildman–Crippen MR) is 142 cm³/mol. The molecule has 1 aromatic heterocycles. The summed E-state index contributed by atoms with van der Waals surface area (Å²) in [5.74, 6) is 1.51. The molecule has 1 aliphatic carbocycles. The highest BCUT2D eigenvalue weighted by Crippen LogP contribution is 2.65. The summed E-state index contributed by atoms with van der Waals surface area (Å²) in [5, 5.41) is 0. The van der Waals surface area contributed by atoms with E-state index in [9.17, 15) is 4.79 Å². The van der Waals surface area contributed by atoms with Crippen molar-refractivity contribution in [3.8, 4) is 5.75 Å². The van der Waals surface area contributed by atoms with E-state index in [1.807, 2.05) is 12.1 Å². The van der Waals surface area contributed by atoms with Gasteiger partial charge >= 0.3 is 0 Å². The lowest BCUT2D eigenvalue weighted by Crippen LogP contribution is -2.77. The van der Waals surface area contributed by atoms with E-state index in [-0.39, 0.29) is 27.9 Å². The van der Waals surface area contributed by atoms with Crippen molar-refractivity contribution in [3.05, 3.63) is 24.0 Å². The number of hydrogen-bond acceptors (Lipinski definition) is 8. The number of nitrogens with zero attached hydrogens (tertiary/aromatic N) is 2. The highest BCUT2D eigenvalue weighted by molar-refractivity contribution is 14.3. The molecule has 0 bridgehead atoms. The third-order valence-electron chi connectivity index (χ3n) is 5.53. The number of methoxy groups -OCH3 is 2. The molecule has 1 aromatic rings. The molecule has 180 valence electrons. The number of carbonyl (C=O) groups is 1. The maximum atomic E-state index is 13.2. The lowest BCUT2D eigenvalue weighted by Gasteiger charge is -2.54. The van der Waals surface area contributed by atoms with Crippen LogP contribution in [-0.4, -0.2) is 68.4 Å². The van der Waals surface area contributed by atoms with Crippen LogP contribution in [0.2, 0.25) is 0 Å². The second-order valence-electron chi connectivity index (χ2n) is 7.80. The van der Waals surface area contributed by atoms with E-state index in [0.717, 1.165) is 23.8 Å². The number of likely N-dealkylation sites (tertiary alicyclic amines) is 1. The van der Waals surface area contributed by atoms with Gasteiger partial charge in [0, 0.05) is 50.3 Å². The summed E-state index contributed by atoms with van der Waals surface area (Å²) in [5.41, 5.74) is -0.389. The van der Waals surface area contributed by atoms with Gasteiger partial charge in [-0.15, -0.1) is 0 Å². The summed E-state index contributed by atoms with van der Waals surface area (Å²) in [4.78, 5) is 19.3. The summed E-state index contributed by atoms with van der Waals surface area (Å²) in [7, 11) is 3.11. The molecular formula is C20H29I2N2O6PS. The van der Waals surface area contributed by atoms with Gasteiger partial charge in [0.2, 0.25) is 0 Å². The van der Waals surface area contributed by atoms with Crippen LogP contribution < -0.4 is 4.74 Å². The number of aromatic nitrogens is 1. The minimum absolute atomic E-state index is 0.00115. The Morgan fingerprint density at radius 2 is 2.12 bits per heavy atom. The lowest BCUT2D eigenvalue weighted by atomic mass is 9.79. The minimum Gasteiger partial charge on any atom is -0.493 e. The molecule has 0 radical (unpaired) electrons. The normalized spacial score (nSPS) is 23.0. The summed E-state index contributed by atoms with van der Waals surface area (Å²) >= 11 is 6.08. The maximum Gasteiger partial charge on any atom is 0.259 e. The largest absolute Gasteiger partial charge is 0.493 e. The average molecular weight is 710 g/mol.